The largest absolute Gasteiger partial charge is 0.490 e. The standard InChI is InChI=1S/C38H49BrN4O6/c1-6-9-26-19-32-37(33(44)20-26)36(30(23-40)25(3)41-32)28-21-31(39)38(34(22-28)48-7-2)49-24-27-10-8-11-29(18-27)42-35(45)12-13-43(14-16-46-4)15-17-47-5/h8,10-11,18,21-22,26,36,41H,6-7,9,12-17,19-20,24H2,1-5H3,(H,42,45). The second kappa shape index (κ2) is 18.9. The lowest BCUT2D eigenvalue weighted by Crippen LogP contribution is -2.34. The average molecular weight is 738 g/mol. The van der Waals surface area contributed by atoms with Crippen molar-refractivity contribution in [2.75, 3.05) is 59.0 Å². The molecule has 2 N–H and O–H groups in total. The fraction of sp³-hybridized carbons (Fsp3) is 0.500. The molecule has 264 valence electrons. The highest BCUT2D eigenvalue weighted by molar-refractivity contribution is 9.10. The third-order valence-electron chi connectivity index (χ3n) is 8.87. The van der Waals surface area contributed by atoms with Gasteiger partial charge in [0.25, 0.3) is 0 Å². The Morgan fingerprint density at radius 1 is 1.08 bits per heavy atom. The van der Waals surface area contributed by atoms with Crippen LogP contribution in [0.1, 0.15) is 69.9 Å². The number of methoxy groups -OCH3 is 2. The van der Waals surface area contributed by atoms with Gasteiger partial charge in [0.2, 0.25) is 5.91 Å². The Morgan fingerprint density at radius 3 is 2.51 bits per heavy atom. The molecule has 10 nitrogen and oxygen atoms in total. The van der Waals surface area contributed by atoms with Crippen LogP contribution >= 0.6 is 15.9 Å². The Hall–Kier alpha value is -3.69. The maximum absolute atomic E-state index is 13.6. The monoisotopic (exact) mass is 736 g/mol. The number of Topliss-reactive ketones (excluding diaryl/α,β-unsaturated/α-hetero) is 1. The van der Waals surface area contributed by atoms with Gasteiger partial charge in [0.1, 0.15) is 6.61 Å². The Kier molecular flexibility index (Phi) is 14.7. The molecule has 0 bridgehead atoms. The molecule has 0 radical (unpaired) electrons. The van der Waals surface area contributed by atoms with Gasteiger partial charge < -0.3 is 29.6 Å². The van der Waals surface area contributed by atoms with Crippen LogP contribution in [0.25, 0.3) is 0 Å². The van der Waals surface area contributed by atoms with Crippen molar-refractivity contribution >= 4 is 33.3 Å². The molecule has 2 aromatic carbocycles. The number of dihydropyridines is 1. The average Bonchev–Trinajstić information content (AvgIpc) is 3.07. The molecule has 2 atom stereocenters. The minimum atomic E-state index is -0.492. The number of carbonyl (C=O) groups excluding carboxylic acids is 2. The van der Waals surface area contributed by atoms with Gasteiger partial charge in [0.15, 0.2) is 17.3 Å². The topological polar surface area (TPSA) is 122 Å². The number of hydrogen-bond donors (Lipinski definition) is 2. The van der Waals surface area contributed by atoms with Crippen LogP contribution in [0.2, 0.25) is 0 Å². The van der Waals surface area contributed by atoms with Crippen LogP contribution in [0.4, 0.5) is 5.69 Å². The molecule has 4 rings (SSSR count). The molecule has 0 fully saturated rings. The zero-order valence-electron chi connectivity index (χ0n) is 29.3. The van der Waals surface area contributed by atoms with Crippen LogP contribution in [-0.4, -0.2) is 70.3 Å². The van der Waals surface area contributed by atoms with Crippen molar-refractivity contribution in [3.8, 4) is 17.6 Å². The zero-order chi connectivity index (χ0) is 35.3. The number of nitriles is 1. The molecule has 2 aliphatic rings. The van der Waals surface area contributed by atoms with Crippen LogP contribution in [0.3, 0.4) is 0 Å². The Bertz CT molecular complexity index is 1570. The van der Waals surface area contributed by atoms with E-state index in [-0.39, 0.29) is 18.3 Å². The highest BCUT2D eigenvalue weighted by Crippen LogP contribution is 2.47. The summed E-state index contributed by atoms with van der Waals surface area (Å²) in [6.07, 6.45) is 3.64. The molecule has 0 aromatic heterocycles. The Balaban J connectivity index is 1.50. The van der Waals surface area contributed by atoms with Gasteiger partial charge in [0, 0.05) is 69.4 Å². The molecule has 0 saturated heterocycles. The number of nitrogens with one attached hydrogen (secondary N) is 2. The molecule has 11 heteroatoms. The number of allylic oxidation sites excluding steroid dienone is 4. The van der Waals surface area contributed by atoms with Crippen molar-refractivity contribution < 1.29 is 28.5 Å². The van der Waals surface area contributed by atoms with Crippen molar-refractivity contribution in [1.82, 2.24) is 10.2 Å². The summed E-state index contributed by atoms with van der Waals surface area (Å²) in [6.45, 7) is 9.80. The number of amides is 1. The van der Waals surface area contributed by atoms with Gasteiger partial charge in [-0.25, -0.2) is 0 Å². The van der Waals surface area contributed by atoms with E-state index in [2.05, 4.69) is 44.5 Å². The molecule has 49 heavy (non-hydrogen) atoms. The molecule has 0 saturated carbocycles. The van der Waals surface area contributed by atoms with Crippen LogP contribution in [-0.2, 0) is 25.7 Å². The van der Waals surface area contributed by atoms with E-state index >= 15 is 0 Å². The summed E-state index contributed by atoms with van der Waals surface area (Å²) in [7, 11) is 3.33. The van der Waals surface area contributed by atoms with Gasteiger partial charge in [-0.3, -0.25) is 14.5 Å². The summed E-state index contributed by atoms with van der Waals surface area (Å²) in [5, 5.41) is 16.6. The van der Waals surface area contributed by atoms with Crippen molar-refractivity contribution in [3.05, 3.63) is 74.5 Å². The van der Waals surface area contributed by atoms with E-state index in [4.69, 9.17) is 18.9 Å². The van der Waals surface area contributed by atoms with Gasteiger partial charge in [0.05, 0.1) is 41.9 Å². The fourth-order valence-electron chi connectivity index (χ4n) is 6.52. The normalized spacial score (nSPS) is 17.5. The molecule has 2 unspecified atom stereocenters. The van der Waals surface area contributed by atoms with Crippen molar-refractivity contribution in [2.45, 2.75) is 65.4 Å². The fourth-order valence-corrected chi connectivity index (χ4v) is 7.10. The van der Waals surface area contributed by atoms with Gasteiger partial charge in [-0.2, -0.15) is 5.26 Å². The molecule has 1 amide bonds. The second-order valence-corrected chi connectivity index (χ2v) is 13.3. The smallest absolute Gasteiger partial charge is 0.225 e. The first-order valence-electron chi connectivity index (χ1n) is 17.0. The molecular formula is C38H49BrN4O6. The number of nitrogens with zero attached hydrogens (tertiary/aromatic N) is 2. The predicted molar refractivity (Wildman–Crippen MR) is 193 cm³/mol. The lowest BCUT2D eigenvalue weighted by Gasteiger charge is -2.35. The third kappa shape index (κ3) is 10.2. The molecule has 1 aliphatic carbocycles. The number of anilines is 1. The first-order chi connectivity index (χ1) is 23.7. The quantitative estimate of drug-likeness (QED) is 0.169. The van der Waals surface area contributed by atoms with E-state index in [0.717, 1.165) is 54.9 Å². The van der Waals surface area contributed by atoms with Gasteiger partial charge in [-0.05, 0) is 83.9 Å². The second-order valence-electron chi connectivity index (χ2n) is 12.5. The number of halogens is 1. The van der Waals surface area contributed by atoms with Crippen molar-refractivity contribution in [2.24, 2.45) is 5.92 Å². The molecular weight excluding hydrogens is 688 g/mol. The van der Waals surface area contributed by atoms with E-state index in [9.17, 15) is 14.9 Å². The number of benzene rings is 2. The number of hydrogen-bond acceptors (Lipinski definition) is 9. The summed E-state index contributed by atoms with van der Waals surface area (Å²) in [4.78, 5) is 28.5. The molecule has 1 aliphatic heterocycles. The summed E-state index contributed by atoms with van der Waals surface area (Å²) in [6, 6.07) is 13.8. The number of carbonyl (C=O) groups is 2. The van der Waals surface area contributed by atoms with Crippen molar-refractivity contribution in [1.29, 1.82) is 5.26 Å². The number of rotatable bonds is 18. The maximum Gasteiger partial charge on any atom is 0.225 e. The highest BCUT2D eigenvalue weighted by Gasteiger charge is 2.39. The lowest BCUT2D eigenvalue weighted by atomic mass is 9.72. The van der Waals surface area contributed by atoms with Gasteiger partial charge in [-0.15, -0.1) is 0 Å². The SMILES string of the molecule is CCCC1CC(=O)C2=C(C1)NC(C)=C(C#N)C2c1cc(Br)c(OCc2cccc(NC(=O)CCN(CCOC)CCOC)c2)c(OCC)c1. The molecule has 1 heterocycles. The first-order valence-corrected chi connectivity index (χ1v) is 17.8. The summed E-state index contributed by atoms with van der Waals surface area (Å²) >= 11 is 3.71. The predicted octanol–water partition coefficient (Wildman–Crippen LogP) is 6.87. The summed E-state index contributed by atoms with van der Waals surface area (Å²) in [5.74, 6) is 0.862. The third-order valence-corrected chi connectivity index (χ3v) is 9.46. The highest BCUT2D eigenvalue weighted by atomic mass is 79.9. The zero-order valence-corrected chi connectivity index (χ0v) is 30.9. The number of ether oxygens (including phenoxy) is 4. The Morgan fingerprint density at radius 2 is 1.84 bits per heavy atom. The molecule has 0 spiro atoms. The van der Waals surface area contributed by atoms with Crippen LogP contribution in [0.5, 0.6) is 11.5 Å². The molecule has 2 aromatic rings. The first kappa shape index (κ1) is 38.1. The van der Waals surface area contributed by atoms with Crippen LogP contribution in [0.15, 0.2) is 63.4 Å². The van der Waals surface area contributed by atoms with Crippen molar-refractivity contribution in [3.63, 3.8) is 0 Å². The minimum Gasteiger partial charge on any atom is -0.490 e. The summed E-state index contributed by atoms with van der Waals surface area (Å²) in [5.41, 5.74) is 5.24. The lowest BCUT2D eigenvalue weighted by molar-refractivity contribution is -0.117. The van der Waals surface area contributed by atoms with E-state index < -0.39 is 5.92 Å². The Labute approximate surface area is 298 Å². The van der Waals surface area contributed by atoms with Gasteiger partial charge in [-0.1, -0.05) is 25.5 Å². The van der Waals surface area contributed by atoms with E-state index in [1.54, 1.807) is 14.2 Å². The van der Waals surface area contributed by atoms with Crippen LogP contribution < -0.4 is 20.1 Å². The van der Waals surface area contributed by atoms with Crippen LogP contribution in [0, 0.1) is 17.2 Å². The number of ketones is 1. The van der Waals surface area contributed by atoms with Gasteiger partial charge >= 0.3 is 0 Å². The van der Waals surface area contributed by atoms with E-state index in [1.807, 2.05) is 50.2 Å². The maximum atomic E-state index is 13.6. The van der Waals surface area contributed by atoms with E-state index in [0.29, 0.717) is 77.9 Å². The van der Waals surface area contributed by atoms with E-state index in [1.165, 1.54) is 0 Å². The summed E-state index contributed by atoms with van der Waals surface area (Å²) < 4.78 is 23.4. The minimum absolute atomic E-state index is 0.0793.